The van der Waals surface area contributed by atoms with E-state index in [-0.39, 0.29) is 6.04 Å². The van der Waals surface area contributed by atoms with Gasteiger partial charge in [0.1, 0.15) is 0 Å². The molecule has 7 heteroatoms. The molecule has 1 aromatic heterocycles. The number of alkyl halides is 3. The van der Waals surface area contributed by atoms with Crippen LogP contribution in [-0.4, -0.2) is 4.98 Å². The first-order valence-electron chi connectivity index (χ1n) is 5.51. The van der Waals surface area contributed by atoms with Crippen molar-refractivity contribution in [3.8, 4) is 0 Å². The van der Waals surface area contributed by atoms with Gasteiger partial charge in [0.25, 0.3) is 0 Å². The van der Waals surface area contributed by atoms with Crippen LogP contribution in [0.5, 0.6) is 0 Å². The Morgan fingerprint density at radius 2 is 2.16 bits per heavy atom. The Kier molecular flexibility index (Phi) is 4.18. The van der Waals surface area contributed by atoms with Crippen LogP contribution in [0.25, 0.3) is 0 Å². The molecule has 1 aromatic carbocycles. The van der Waals surface area contributed by atoms with Crippen molar-refractivity contribution in [2.45, 2.75) is 18.6 Å². The summed E-state index contributed by atoms with van der Waals surface area (Å²) in [7, 11) is 0. The molecule has 2 rings (SSSR count). The molecule has 0 spiro atoms. The van der Waals surface area contributed by atoms with Crippen LogP contribution in [-0.2, 0) is 12.6 Å². The number of hydrazine groups is 1. The van der Waals surface area contributed by atoms with Crippen LogP contribution in [0.2, 0.25) is 0 Å². The van der Waals surface area contributed by atoms with E-state index in [2.05, 4.69) is 10.4 Å². The number of halogens is 3. The largest absolute Gasteiger partial charge is 0.416 e. The van der Waals surface area contributed by atoms with Crippen molar-refractivity contribution in [1.82, 2.24) is 10.4 Å². The summed E-state index contributed by atoms with van der Waals surface area (Å²) in [6.45, 7) is 0. The van der Waals surface area contributed by atoms with E-state index in [0.29, 0.717) is 12.0 Å². The van der Waals surface area contributed by atoms with Crippen LogP contribution in [0.4, 0.5) is 13.2 Å². The summed E-state index contributed by atoms with van der Waals surface area (Å²) in [6, 6.07) is 4.93. The van der Waals surface area contributed by atoms with E-state index >= 15 is 0 Å². The van der Waals surface area contributed by atoms with Crippen molar-refractivity contribution in [1.29, 1.82) is 0 Å². The van der Waals surface area contributed by atoms with Gasteiger partial charge in [-0.2, -0.15) is 13.2 Å². The average Bonchev–Trinajstić information content (AvgIpc) is 2.89. The number of aromatic nitrogens is 1. The van der Waals surface area contributed by atoms with Crippen molar-refractivity contribution in [2.24, 2.45) is 5.84 Å². The third-order valence-corrected chi connectivity index (χ3v) is 3.31. The van der Waals surface area contributed by atoms with E-state index in [4.69, 9.17) is 5.84 Å². The van der Waals surface area contributed by atoms with Crippen molar-refractivity contribution >= 4 is 11.3 Å². The van der Waals surface area contributed by atoms with Crippen molar-refractivity contribution in [3.63, 3.8) is 0 Å². The van der Waals surface area contributed by atoms with Crippen LogP contribution >= 0.6 is 11.3 Å². The minimum absolute atomic E-state index is 0.297. The molecule has 0 aliphatic heterocycles. The van der Waals surface area contributed by atoms with Gasteiger partial charge in [0.2, 0.25) is 0 Å². The second kappa shape index (κ2) is 5.68. The summed E-state index contributed by atoms with van der Waals surface area (Å²) in [5, 5.41) is 1.82. The van der Waals surface area contributed by atoms with Crippen molar-refractivity contribution < 1.29 is 13.2 Å². The molecule has 0 radical (unpaired) electrons. The van der Waals surface area contributed by atoms with E-state index in [1.165, 1.54) is 17.4 Å². The van der Waals surface area contributed by atoms with Crippen molar-refractivity contribution in [3.05, 3.63) is 52.0 Å². The summed E-state index contributed by atoms with van der Waals surface area (Å²) in [5.41, 5.74) is 4.87. The molecule has 0 saturated carbocycles. The normalized spacial score (nSPS) is 13.5. The first-order chi connectivity index (χ1) is 9.00. The summed E-state index contributed by atoms with van der Waals surface area (Å²) in [6.07, 6.45) is -3.98. The minimum Gasteiger partial charge on any atom is -0.271 e. The Morgan fingerprint density at radius 3 is 2.74 bits per heavy atom. The number of nitrogens with two attached hydrogens (primary N) is 1. The number of rotatable bonds is 4. The number of benzene rings is 1. The molecule has 3 N–H and O–H groups in total. The van der Waals surface area contributed by atoms with Crippen LogP contribution in [0, 0.1) is 0 Å². The molecule has 2 aromatic rings. The topological polar surface area (TPSA) is 50.9 Å². The van der Waals surface area contributed by atoms with Gasteiger partial charge >= 0.3 is 6.18 Å². The van der Waals surface area contributed by atoms with Gasteiger partial charge in [0, 0.05) is 5.38 Å². The molecule has 0 aliphatic carbocycles. The molecule has 1 atom stereocenters. The van der Waals surface area contributed by atoms with E-state index < -0.39 is 11.7 Å². The van der Waals surface area contributed by atoms with Gasteiger partial charge in [-0.3, -0.25) is 11.3 Å². The molecule has 102 valence electrons. The zero-order valence-electron chi connectivity index (χ0n) is 9.82. The standard InChI is InChI=1S/C12H12F3N3S/c13-12(14,15)9-3-1-2-8(4-9)5-10(18-16)11-6-19-7-17-11/h1-4,6-7,10,18H,5,16H2. The SMILES string of the molecule is NNC(Cc1cccc(C(F)(F)F)c1)c1cscn1. The maximum Gasteiger partial charge on any atom is 0.416 e. The lowest BCUT2D eigenvalue weighted by Gasteiger charge is -2.15. The zero-order valence-corrected chi connectivity index (χ0v) is 10.6. The van der Waals surface area contributed by atoms with Gasteiger partial charge in [-0.05, 0) is 18.1 Å². The summed E-state index contributed by atoms with van der Waals surface area (Å²) in [4.78, 5) is 4.11. The summed E-state index contributed by atoms with van der Waals surface area (Å²) >= 11 is 1.41. The fraction of sp³-hybridized carbons (Fsp3) is 0.250. The summed E-state index contributed by atoms with van der Waals surface area (Å²) in [5.74, 6) is 5.43. The highest BCUT2D eigenvalue weighted by molar-refractivity contribution is 7.07. The average molecular weight is 287 g/mol. The van der Waals surface area contributed by atoms with E-state index in [1.807, 2.05) is 5.38 Å². The molecular formula is C12H12F3N3S. The third-order valence-electron chi connectivity index (χ3n) is 2.70. The van der Waals surface area contributed by atoms with Crippen LogP contribution in [0.3, 0.4) is 0 Å². The highest BCUT2D eigenvalue weighted by atomic mass is 32.1. The molecule has 3 nitrogen and oxygen atoms in total. The van der Waals surface area contributed by atoms with Gasteiger partial charge in [-0.15, -0.1) is 11.3 Å². The van der Waals surface area contributed by atoms with Crippen molar-refractivity contribution in [2.75, 3.05) is 0 Å². The number of hydrogen-bond donors (Lipinski definition) is 2. The van der Waals surface area contributed by atoms with E-state index in [0.717, 1.165) is 17.8 Å². The maximum atomic E-state index is 12.6. The predicted molar refractivity (Wildman–Crippen MR) is 67.3 cm³/mol. The van der Waals surface area contributed by atoms with E-state index in [1.54, 1.807) is 11.6 Å². The minimum atomic E-state index is -4.33. The molecule has 0 amide bonds. The first kappa shape index (κ1) is 14.0. The Bertz CT molecular complexity index is 525. The van der Waals surface area contributed by atoms with Crippen LogP contribution in [0.15, 0.2) is 35.2 Å². The molecule has 1 heterocycles. The van der Waals surface area contributed by atoms with Gasteiger partial charge in [-0.25, -0.2) is 4.98 Å². The zero-order chi connectivity index (χ0) is 13.9. The first-order valence-corrected chi connectivity index (χ1v) is 6.45. The number of nitrogens with zero attached hydrogens (tertiary/aromatic N) is 1. The third kappa shape index (κ3) is 3.52. The molecular weight excluding hydrogens is 275 g/mol. The van der Waals surface area contributed by atoms with Gasteiger partial charge in [0.05, 0.1) is 22.8 Å². The van der Waals surface area contributed by atoms with Gasteiger partial charge < -0.3 is 0 Å². The molecule has 0 saturated heterocycles. The molecule has 0 aliphatic rings. The quantitative estimate of drug-likeness (QED) is 0.671. The lowest BCUT2D eigenvalue weighted by molar-refractivity contribution is -0.137. The molecule has 19 heavy (non-hydrogen) atoms. The lowest BCUT2D eigenvalue weighted by atomic mass is 10.0. The Labute approximate surface area is 112 Å². The second-order valence-electron chi connectivity index (χ2n) is 4.03. The number of thiazole rings is 1. The van der Waals surface area contributed by atoms with E-state index in [9.17, 15) is 13.2 Å². The summed E-state index contributed by atoms with van der Waals surface area (Å²) < 4.78 is 37.8. The lowest BCUT2D eigenvalue weighted by Crippen LogP contribution is -2.29. The molecule has 0 fully saturated rings. The van der Waals surface area contributed by atoms with Crippen LogP contribution < -0.4 is 11.3 Å². The molecule has 0 bridgehead atoms. The van der Waals surface area contributed by atoms with Crippen LogP contribution in [0.1, 0.15) is 22.9 Å². The predicted octanol–water partition coefficient (Wildman–Crippen LogP) is 2.91. The fourth-order valence-electron chi connectivity index (χ4n) is 1.75. The highest BCUT2D eigenvalue weighted by Gasteiger charge is 2.30. The fourth-order valence-corrected chi connectivity index (χ4v) is 2.36. The number of nitrogens with one attached hydrogen (secondary N) is 1. The van der Waals surface area contributed by atoms with Gasteiger partial charge in [0.15, 0.2) is 0 Å². The number of hydrogen-bond acceptors (Lipinski definition) is 4. The Balaban J connectivity index is 2.19. The maximum absolute atomic E-state index is 12.6. The second-order valence-corrected chi connectivity index (χ2v) is 4.75. The highest BCUT2D eigenvalue weighted by Crippen LogP contribution is 2.30. The molecule has 1 unspecified atom stereocenters. The Morgan fingerprint density at radius 1 is 1.37 bits per heavy atom. The Hall–Kier alpha value is -1.44. The smallest absolute Gasteiger partial charge is 0.271 e. The van der Waals surface area contributed by atoms with Gasteiger partial charge in [-0.1, -0.05) is 18.2 Å². The monoisotopic (exact) mass is 287 g/mol.